The van der Waals surface area contributed by atoms with Crippen LogP contribution >= 0.6 is 24.8 Å². The lowest BCUT2D eigenvalue weighted by Gasteiger charge is -2.34. The van der Waals surface area contributed by atoms with E-state index < -0.39 is 0 Å². The first kappa shape index (κ1) is 19.3. The summed E-state index contributed by atoms with van der Waals surface area (Å²) < 4.78 is 0. The molecule has 1 amide bonds. The third kappa shape index (κ3) is 3.94. The van der Waals surface area contributed by atoms with E-state index in [9.17, 15) is 4.79 Å². The molecule has 1 aromatic heterocycles. The molecule has 22 heavy (non-hydrogen) atoms. The van der Waals surface area contributed by atoms with E-state index in [4.69, 9.17) is 5.73 Å². The molecule has 7 heteroatoms. The smallest absolute Gasteiger partial charge is 0.226 e. The first-order chi connectivity index (χ1) is 9.79. The molecule has 2 heterocycles. The number of hydrogen-bond donors (Lipinski definition) is 2. The number of nitrogens with two attached hydrogens (primary N) is 1. The lowest BCUT2D eigenvalue weighted by Crippen LogP contribution is -2.44. The molecule has 1 saturated heterocycles. The molecule has 1 aliphatic carbocycles. The van der Waals surface area contributed by atoms with Gasteiger partial charge in [0.05, 0.1) is 0 Å². The summed E-state index contributed by atoms with van der Waals surface area (Å²) in [5, 5.41) is 0. The van der Waals surface area contributed by atoms with Gasteiger partial charge in [-0.15, -0.1) is 24.8 Å². The number of halogens is 2. The van der Waals surface area contributed by atoms with E-state index in [-0.39, 0.29) is 30.7 Å². The maximum atomic E-state index is 12.7. The summed E-state index contributed by atoms with van der Waals surface area (Å²) in [7, 11) is 0. The molecule has 1 aromatic rings. The Morgan fingerprint density at radius 3 is 2.82 bits per heavy atom. The van der Waals surface area contributed by atoms with Gasteiger partial charge in [0.25, 0.3) is 0 Å². The van der Waals surface area contributed by atoms with Gasteiger partial charge in [-0.3, -0.25) is 4.79 Å². The molecule has 126 valence electrons. The molecule has 3 rings (SSSR count). The molecular formula is C15H26Cl2N4O. The predicted molar refractivity (Wildman–Crippen MR) is 91.5 cm³/mol. The number of nitrogens with zero attached hydrogens (tertiary/aromatic N) is 2. The minimum Gasteiger partial charge on any atom is -0.348 e. The topological polar surface area (TPSA) is 75.0 Å². The van der Waals surface area contributed by atoms with Crippen LogP contribution in [0.15, 0.2) is 12.4 Å². The second-order valence-corrected chi connectivity index (χ2v) is 6.13. The number of rotatable bonds is 3. The van der Waals surface area contributed by atoms with Crippen LogP contribution in [0.3, 0.4) is 0 Å². The lowest BCUT2D eigenvalue weighted by atomic mass is 9.91. The Hall–Kier alpha value is -0.780. The van der Waals surface area contributed by atoms with Crippen molar-refractivity contribution >= 4 is 30.7 Å². The fourth-order valence-corrected chi connectivity index (χ4v) is 3.78. The minimum absolute atomic E-state index is 0. The molecule has 5 nitrogen and oxygen atoms in total. The fourth-order valence-electron chi connectivity index (χ4n) is 3.78. The average Bonchev–Trinajstić information content (AvgIpc) is 3.17. The lowest BCUT2D eigenvalue weighted by molar-refractivity contribution is -0.137. The highest BCUT2D eigenvalue weighted by Crippen LogP contribution is 2.34. The summed E-state index contributed by atoms with van der Waals surface area (Å²) in [6.07, 6.45) is 9.10. The van der Waals surface area contributed by atoms with Gasteiger partial charge < -0.3 is 15.6 Å². The number of piperidine rings is 1. The zero-order valence-electron chi connectivity index (χ0n) is 12.7. The Bertz CT molecular complexity index is 454. The van der Waals surface area contributed by atoms with Gasteiger partial charge in [0.15, 0.2) is 0 Å². The number of aromatic amines is 1. The van der Waals surface area contributed by atoms with Crippen LogP contribution in [0.2, 0.25) is 0 Å². The molecule has 0 spiro atoms. The van der Waals surface area contributed by atoms with Crippen molar-refractivity contribution in [2.75, 3.05) is 19.6 Å². The highest BCUT2D eigenvalue weighted by Gasteiger charge is 2.36. The number of hydrogen-bond acceptors (Lipinski definition) is 3. The second kappa shape index (κ2) is 8.75. The Kier molecular flexibility index (Phi) is 7.66. The van der Waals surface area contributed by atoms with Crippen molar-refractivity contribution in [1.29, 1.82) is 0 Å². The zero-order valence-corrected chi connectivity index (χ0v) is 14.4. The summed E-state index contributed by atoms with van der Waals surface area (Å²) in [4.78, 5) is 22.3. The van der Waals surface area contributed by atoms with Crippen LogP contribution in [-0.2, 0) is 4.79 Å². The Morgan fingerprint density at radius 2 is 2.14 bits per heavy atom. The first-order valence-corrected chi connectivity index (χ1v) is 7.77. The molecule has 0 bridgehead atoms. The van der Waals surface area contributed by atoms with Crippen molar-refractivity contribution in [3.05, 3.63) is 18.2 Å². The maximum Gasteiger partial charge on any atom is 0.226 e. The predicted octanol–water partition coefficient (Wildman–Crippen LogP) is 2.33. The van der Waals surface area contributed by atoms with Gasteiger partial charge >= 0.3 is 0 Å². The van der Waals surface area contributed by atoms with Crippen LogP contribution in [-0.4, -0.2) is 40.4 Å². The van der Waals surface area contributed by atoms with Crippen molar-refractivity contribution in [3.63, 3.8) is 0 Å². The van der Waals surface area contributed by atoms with Crippen LogP contribution in [0.1, 0.15) is 43.8 Å². The molecule has 0 radical (unpaired) electrons. The first-order valence-electron chi connectivity index (χ1n) is 7.77. The number of likely N-dealkylation sites (tertiary alicyclic amines) is 1. The summed E-state index contributed by atoms with van der Waals surface area (Å²) in [5.41, 5.74) is 5.81. The van der Waals surface area contributed by atoms with Gasteiger partial charge in [0, 0.05) is 37.3 Å². The van der Waals surface area contributed by atoms with Crippen LogP contribution in [0.25, 0.3) is 0 Å². The van der Waals surface area contributed by atoms with E-state index in [2.05, 4.69) is 14.9 Å². The summed E-state index contributed by atoms with van der Waals surface area (Å²) >= 11 is 0. The molecule has 2 fully saturated rings. The van der Waals surface area contributed by atoms with E-state index >= 15 is 0 Å². The van der Waals surface area contributed by atoms with Gasteiger partial charge in [-0.2, -0.15) is 0 Å². The molecular weight excluding hydrogens is 323 g/mol. The Balaban J connectivity index is 0.00000121. The summed E-state index contributed by atoms with van der Waals surface area (Å²) in [6, 6.07) is 0. The molecule has 1 aliphatic heterocycles. The third-order valence-corrected chi connectivity index (χ3v) is 4.92. The number of amides is 1. The maximum absolute atomic E-state index is 12.7. The number of carbonyl (C=O) groups excluding carboxylic acids is 1. The number of aromatic nitrogens is 2. The number of imidazole rings is 1. The van der Waals surface area contributed by atoms with E-state index in [1.165, 1.54) is 0 Å². The van der Waals surface area contributed by atoms with Gasteiger partial charge in [-0.25, -0.2) is 4.98 Å². The third-order valence-electron chi connectivity index (χ3n) is 4.92. The van der Waals surface area contributed by atoms with Crippen LogP contribution < -0.4 is 5.73 Å². The van der Waals surface area contributed by atoms with Crippen LogP contribution in [0, 0.1) is 11.8 Å². The van der Waals surface area contributed by atoms with Gasteiger partial charge in [-0.05, 0) is 38.1 Å². The van der Waals surface area contributed by atoms with Crippen molar-refractivity contribution in [2.45, 2.75) is 38.0 Å². The van der Waals surface area contributed by atoms with Crippen molar-refractivity contribution in [1.82, 2.24) is 14.9 Å². The SMILES string of the molecule is Cl.Cl.NC[C@H]1CCC[C@H]1C(=O)N1CCCC(c2ncc[nH]2)C1. The number of H-pyrrole nitrogens is 1. The summed E-state index contributed by atoms with van der Waals surface area (Å²) in [6.45, 7) is 2.34. The largest absolute Gasteiger partial charge is 0.348 e. The molecule has 3 atom stereocenters. The van der Waals surface area contributed by atoms with E-state index in [0.717, 1.165) is 51.0 Å². The minimum atomic E-state index is 0. The normalized spacial score (nSPS) is 27.9. The average molecular weight is 349 g/mol. The van der Waals surface area contributed by atoms with E-state index in [1.54, 1.807) is 6.20 Å². The monoisotopic (exact) mass is 348 g/mol. The van der Waals surface area contributed by atoms with Gasteiger partial charge in [0.1, 0.15) is 5.82 Å². The molecule has 1 saturated carbocycles. The van der Waals surface area contributed by atoms with E-state index in [0.29, 0.717) is 24.3 Å². The molecule has 2 aliphatic rings. The Labute approximate surface area is 144 Å². The molecule has 3 N–H and O–H groups in total. The van der Waals surface area contributed by atoms with Crippen molar-refractivity contribution < 1.29 is 4.79 Å². The molecule has 1 unspecified atom stereocenters. The van der Waals surface area contributed by atoms with Crippen LogP contribution in [0.4, 0.5) is 0 Å². The van der Waals surface area contributed by atoms with Gasteiger partial charge in [0.2, 0.25) is 5.91 Å². The van der Waals surface area contributed by atoms with E-state index in [1.807, 2.05) is 6.20 Å². The highest BCUT2D eigenvalue weighted by atomic mass is 35.5. The zero-order chi connectivity index (χ0) is 13.9. The van der Waals surface area contributed by atoms with Crippen LogP contribution in [0.5, 0.6) is 0 Å². The quantitative estimate of drug-likeness (QED) is 0.880. The number of carbonyl (C=O) groups is 1. The van der Waals surface area contributed by atoms with Crippen molar-refractivity contribution in [3.8, 4) is 0 Å². The summed E-state index contributed by atoms with van der Waals surface area (Å²) in [5.74, 6) is 2.26. The highest BCUT2D eigenvalue weighted by molar-refractivity contribution is 5.85. The Morgan fingerprint density at radius 1 is 1.32 bits per heavy atom. The standard InChI is InChI=1S/C15H24N4O.2ClH/c16-9-11-3-1-5-13(11)15(20)19-8-2-4-12(10-19)14-17-6-7-18-14;;/h6-7,11-13H,1-5,8-10,16H2,(H,17,18);2*1H/t11-,12?,13-;;/m1../s1. The second-order valence-electron chi connectivity index (χ2n) is 6.13. The molecule has 0 aromatic carbocycles. The fraction of sp³-hybridized carbons (Fsp3) is 0.733. The number of nitrogens with one attached hydrogen (secondary N) is 1. The van der Waals surface area contributed by atoms with Gasteiger partial charge in [-0.1, -0.05) is 6.42 Å². The van der Waals surface area contributed by atoms with Crippen molar-refractivity contribution in [2.24, 2.45) is 17.6 Å².